The number of hydrogen-bond donors (Lipinski definition) is 1. The second-order valence-electron chi connectivity index (χ2n) is 3.10. The van der Waals surface area contributed by atoms with E-state index in [9.17, 15) is 4.79 Å². The van der Waals surface area contributed by atoms with Gasteiger partial charge in [0.05, 0.1) is 0 Å². The summed E-state index contributed by atoms with van der Waals surface area (Å²) in [6.07, 6.45) is 11.7. The Labute approximate surface area is 84.8 Å². The Bertz CT molecular complexity index is 248. The molecule has 0 aromatic rings. The van der Waals surface area contributed by atoms with Crippen molar-refractivity contribution in [3.63, 3.8) is 0 Å². The molecule has 1 N–H and O–H groups in total. The van der Waals surface area contributed by atoms with Crippen LogP contribution in [0.1, 0.15) is 12.8 Å². The van der Waals surface area contributed by atoms with Crippen molar-refractivity contribution >= 4 is 5.91 Å². The highest BCUT2D eigenvalue weighted by atomic mass is 16.1. The van der Waals surface area contributed by atoms with E-state index in [2.05, 4.69) is 18.0 Å². The van der Waals surface area contributed by atoms with Gasteiger partial charge >= 0.3 is 0 Å². The van der Waals surface area contributed by atoms with E-state index in [1.807, 2.05) is 23.3 Å². The van der Waals surface area contributed by atoms with E-state index >= 15 is 0 Å². The number of nitrogens with one attached hydrogen (secondary N) is 1. The molecule has 2 aliphatic rings. The van der Waals surface area contributed by atoms with Crippen LogP contribution in [0.2, 0.25) is 0 Å². The molecule has 1 amide bonds. The summed E-state index contributed by atoms with van der Waals surface area (Å²) in [5.41, 5.74) is 0. The zero-order valence-electron chi connectivity index (χ0n) is 8.28. The van der Waals surface area contributed by atoms with Gasteiger partial charge in [-0.25, -0.2) is 0 Å². The Morgan fingerprint density at radius 1 is 1.50 bits per heavy atom. The van der Waals surface area contributed by atoms with Crippen LogP contribution in [0.5, 0.6) is 0 Å². The largest absolute Gasteiger partial charge is 0.356 e. The van der Waals surface area contributed by atoms with Crippen molar-refractivity contribution in [1.82, 2.24) is 10.2 Å². The average molecular weight is 192 g/mol. The molecule has 0 spiro atoms. The number of hydrogen-bond acceptors (Lipinski definition) is 2. The first kappa shape index (κ1) is 10.6. The molecule has 0 aliphatic carbocycles. The first-order valence-electron chi connectivity index (χ1n) is 4.81. The standard InChI is InChI=1S/C7H9N.C4H7NO/c1-2-8-6-4-3-5-7-8;6-4-2-1-3-5-4/h2-6H,1,7H2;1-3H2,(H,5,6). The van der Waals surface area contributed by atoms with Crippen LogP contribution in [0, 0.1) is 0 Å². The van der Waals surface area contributed by atoms with Gasteiger partial charge < -0.3 is 10.2 Å². The first-order valence-corrected chi connectivity index (χ1v) is 4.81. The van der Waals surface area contributed by atoms with Crippen molar-refractivity contribution in [3.05, 3.63) is 37.2 Å². The lowest BCUT2D eigenvalue weighted by Crippen LogP contribution is -2.12. The molecule has 2 rings (SSSR count). The summed E-state index contributed by atoms with van der Waals surface area (Å²) in [6, 6.07) is 0. The molecule has 0 radical (unpaired) electrons. The molecule has 14 heavy (non-hydrogen) atoms. The van der Waals surface area contributed by atoms with Crippen LogP contribution in [0.25, 0.3) is 0 Å². The second kappa shape index (κ2) is 6.02. The van der Waals surface area contributed by atoms with Gasteiger partial charge in [-0.3, -0.25) is 4.79 Å². The molecule has 76 valence electrons. The van der Waals surface area contributed by atoms with E-state index in [1.165, 1.54) is 0 Å². The molecule has 2 aliphatic heterocycles. The quantitative estimate of drug-likeness (QED) is 0.681. The van der Waals surface area contributed by atoms with Gasteiger partial charge in [-0.1, -0.05) is 18.7 Å². The monoisotopic (exact) mass is 192 g/mol. The zero-order valence-corrected chi connectivity index (χ0v) is 8.28. The van der Waals surface area contributed by atoms with Gasteiger partial charge in [-0.05, 0) is 18.7 Å². The molecule has 3 nitrogen and oxygen atoms in total. The number of amides is 1. The van der Waals surface area contributed by atoms with Crippen molar-refractivity contribution in [2.24, 2.45) is 0 Å². The highest BCUT2D eigenvalue weighted by Gasteiger charge is 2.05. The molecule has 0 unspecified atom stereocenters. The van der Waals surface area contributed by atoms with Crippen LogP contribution in [-0.2, 0) is 4.79 Å². The minimum Gasteiger partial charge on any atom is -0.356 e. The summed E-state index contributed by atoms with van der Waals surface area (Å²) in [5.74, 6) is 0.204. The molecule has 0 aromatic carbocycles. The number of nitrogens with zero attached hydrogens (tertiary/aromatic N) is 1. The summed E-state index contributed by atoms with van der Waals surface area (Å²) in [5, 5.41) is 2.68. The van der Waals surface area contributed by atoms with Crippen LogP contribution in [0.4, 0.5) is 0 Å². The fourth-order valence-electron chi connectivity index (χ4n) is 1.18. The van der Waals surface area contributed by atoms with Crippen molar-refractivity contribution in [2.75, 3.05) is 13.1 Å². The topological polar surface area (TPSA) is 32.3 Å². The lowest BCUT2D eigenvalue weighted by Gasteiger charge is -2.13. The van der Waals surface area contributed by atoms with E-state index < -0.39 is 0 Å². The predicted octanol–water partition coefficient (Wildman–Crippen LogP) is 1.41. The van der Waals surface area contributed by atoms with E-state index in [0.717, 1.165) is 25.9 Å². The minimum atomic E-state index is 0.204. The Morgan fingerprint density at radius 3 is 2.64 bits per heavy atom. The molecular weight excluding hydrogens is 176 g/mol. The molecule has 0 saturated carbocycles. The van der Waals surface area contributed by atoms with Crippen LogP contribution in [-0.4, -0.2) is 23.9 Å². The van der Waals surface area contributed by atoms with Gasteiger partial charge in [0.15, 0.2) is 0 Å². The van der Waals surface area contributed by atoms with Crippen LogP contribution in [0.3, 0.4) is 0 Å². The Balaban J connectivity index is 0.000000146. The lowest BCUT2D eigenvalue weighted by molar-refractivity contribution is -0.119. The molecule has 2 heterocycles. The van der Waals surface area contributed by atoms with Crippen LogP contribution >= 0.6 is 0 Å². The average Bonchev–Trinajstić information content (AvgIpc) is 2.71. The first-order chi connectivity index (χ1) is 6.83. The SMILES string of the molecule is C=CN1C=CC=CC1.O=C1CCCN1. The smallest absolute Gasteiger partial charge is 0.220 e. The van der Waals surface area contributed by atoms with Crippen molar-refractivity contribution < 1.29 is 4.79 Å². The summed E-state index contributed by atoms with van der Waals surface area (Å²) < 4.78 is 0. The third kappa shape index (κ3) is 3.94. The number of carbonyl (C=O) groups excluding carboxylic acids is 1. The minimum absolute atomic E-state index is 0.204. The van der Waals surface area contributed by atoms with Crippen molar-refractivity contribution in [3.8, 4) is 0 Å². The molecule has 1 fully saturated rings. The van der Waals surface area contributed by atoms with Crippen molar-refractivity contribution in [1.29, 1.82) is 0 Å². The summed E-state index contributed by atoms with van der Waals surface area (Å²) >= 11 is 0. The third-order valence-electron chi connectivity index (χ3n) is 1.98. The summed E-state index contributed by atoms with van der Waals surface area (Å²) in [7, 11) is 0. The van der Waals surface area contributed by atoms with Gasteiger partial charge in [-0.2, -0.15) is 0 Å². The molecule has 0 aromatic heterocycles. The molecule has 0 atom stereocenters. The van der Waals surface area contributed by atoms with Gasteiger partial charge in [0.1, 0.15) is 0 Å². The fourth-order valence-corrected chi connectivity index (χ4v) is 1.18. The maximum atomic E-state index is 10.1. The maximum Gasteiger partial charge on any atom is 0.220 e. The maximum absolute atomic E-state index is 10.1. The van der Waals surface area contributed by atoms with E-state index in [-0.39, 0.29) is 5.91 Å². The summed E-state index contributed by atoms with van der Waals surface area (Å²) in [6.45, 7) is 5.47. The van der Waals surface area contributed by atoms with Gasteiger partial charge in [0.25, 0.3) is 0 Å². The summed E-state index contributed by atoms with van der Waals surface area (Å²) in [4.78, 5) is 12.1. The second-order valence-corrected chi connectivity index (χ2v) is 3.10. The number of carbonyl (C=O) groups is 1. The van der Waals surface area contributed by atoms with Gasteiger partial charge in [0.2, 0.25) is 5.91 Å². The molecule has 3 heteroatoms. The van der Waals surface area contributed by atoms with Gasteiger partial charge in [-0.15, -0.1) is 0 Å². The Morgan fingerprint density at radius 2 is 2.36 bits per heavy atom. The van der Waals surface area contributed by atoms with E-state index in [1.54, 1.807) is 6.20 Å². The third-order valence-corrected chi connectivity index (χ3v) is 1.98. The normalized spacial score (nSPS) is 18.6. The predicted molar refractivity (Wildman–Crippen MR) is 57.4 cm³/mol. The highest BCUT2D eigenvalue weighted by molar-refractivity contribution is 5.77. The van der Waals surface area contributed by atoms with Gasteiger partial charge in [0, 0.05) is 25.7 Å². The molecule has 0 bridgehead atoms. The van der Waals surface area contributed by atoms with Crippen LogP contribution < -0.4 is 5.32 Å². The number of rotatable bonds is 1. The lowest BCUT2D eigenvalue weighted by atomic mass is 10.4. The van der Waals surface area contributed by atoms with E-state index in [0.29, 0.717) is 0 Å². The highest BCUT2D eigenvalue weighted by Crippen LogP contribution is 1.96. The molecular formula is C11H16N2O. The molecule has 1 saturated heterocycles. The fraction of sp³-hybridized carbons (Fsp3) is 0.364. The van der Waals surface area contributed by atoms with E-state index in [4.69, 9.17) is 0 Å². The van der Waals surface area contributed by atoms with Crippen molar-refractivity contribution in [2.45, 2.75) is 12.8 Å². The zero-order chi connectivity index (χ0) is 10.2. The van der Waals surface area contributed by atoms with Crippen LogP contribution in [0.15, 0.2) is 37.2 Å². The Kier molecular flexibility index (Phi) is 4.55. The Hall–Kier alpha value is -1.51. The number of allylic oxidation sites excluding steroid dienone is 2.